The minimum Gasteiger partial charge on any atom is -0.506 e. The summed E-state index contributed by atoms with van der Waals surface area (Å²) >= 11 is 0. The molecule has 138 valence electrons. The van der Waals surface area contributed by atoms with Crippen LogP contribution < -0.4 is 15.4 Å². The summed E-state index contributed by atoms with van der Waals surface area (Å²) in [6, 6.07) is 11.8. The van der Waals surface area contributed by atoms with E-state index in [0.29, 0.717) is 18.5 Å². The van der Waals surface area contributed by atoms with E-state index in [9.17, 15) is 9.50 Å². The third-order valence-corrected chi connectivity index (χ3v) is 4.51. The lowest BCUT2D eigenvalue weighted by molar-refractivity contribution is 0.410. The maximum Gasteiger partial charge on any atom is 0.196 e. The molecule has 6 heteroatoms. The van der Waals surface area contributed by atoms with Gasteiger partial charge in [-0.05, 0) is 31.0 Å². The third-order valence-electron chi connectivity index (χ3n) is 4.51. The molecule has 3 N–H and O–H groups in total. The van der Waals surface area contributed by atoms with Crippen molar-refractivity contribution in [1.82, 2.24) is 5.32 Å². The number of nitrogens with zero attached hydrogens (tertiary/aromatic N) is 1. The highest BCUT2D eigenvalue weighted by Gasteiger charge is 2.17. The first-order valence-corrected chi connectivity index (χ1v) is 8.84. The van der Waals surface area contributed by atoms with E-state index in [1.54, 1.807) is 7.11 Å². The van der Waals surface area contributed by atoms with Crippen LogP contribution in [0.1, 0.15) is 31.2 Å². The van der Waals surface area contributed by atoms with Crippen LogP contribution in [0, 0.1) is 5.82 Å². The van der Waals surface area contributed by atoms with Gasteiger partial charge in [0, 0.05) is 17.7 Å². The number of aromatic hydroxyl groups is 1. The van der Waals surface area contributed by atoms with Crippen LogP contribution in [0.2, 0.25) is 0 Å². The molecule has 1 aliphatic rings. The average molecular weight is 357 g/mol. The Kier molecular flexibility index (Phi) is 5.94. The van der Waals surface area contributed by atoms with Crippen molar-refractivity contribution in [2.75, 3.05) is 12.4 Å². The largest absolute Gasteiger partial charge is 0.506 e. The fourth-order valence-electron chi connectivity index (χ4n) is 3.12. The minimum atomic E-state index is -0.421. The van der Waals surface area contributed by atoms with Gasteiger partial charge in [0.1, 0.15) is 17.3 Å². The van der Waals surface area contributed by atoms with Gasteiger partial charge in [-0.1, -0.05) is 31.0 Å². The summed E-state index contributed by atoms with van der Waals surface area (Å²) in [7, 11) is 1.63. The zero-order valence-corrected chi connectivity index (χ0v) is 14.8. The predicted molar refractivity (Wildman–Crippen MR) is 101 cm³/mol. The SMILES string of the molecule is COc1ccccc1CN=C(Nc1cc(F)ccc1O)NC1CCCC1. The van der Waals surface area contributed by atoms with E-state index in [2.05, 4.69) is 15.6 Å². The van der Waals surface area contributed by atoms with Crippen molar-refractivity contribution in [1.29, 1.82) is 0 Å². The topological polar surface area (TPSA) is 65.9 Å². The van der Waals surface area contributed by atoms with Crippen LogP contribution in [0.5, 0.6) is 11.5 Å². The molecule has 0 amide bonds. The van der Waals surface area contributed by atoms with Crippen molar-refractivity contribution in [3.63, 3.8) is 0 Å². The van der Waals surface area contributed by atoms with Gasteiger partial charge in [0.15, 0.2) is 5.96 Å². The molecule has 0 aliphatic heterocycles. The molecule has 2 aromatic rings. The molecule has 0 atom stereocenters. The molecule has 2 aromatic carbocycles. The first-order valence-electron chi connectivity index (χ1n) is 8.84. The number of halogens is 1. The molecule has 1 aliphatic carbocycles. The Balaban J connectivity index is 1.81. The van der Waals surface area contributed by atoms with Crippen LogP contribution in [0.25, 0.3) is 0 Å². The van der Waals surface area contributed by atoms with Gasteiger partial charge in [-0.15, -0.1) is 0 Å². The van der Waals surface area contributed by atoms with E-state index in [-0.39, 0.29) is 11.4 Å². The number of phenols is 1. The van der Waals surface area contributed by atoms with Crippen LogP contribution in [0.4, 0.5) is 10.1 Å². The molecule has 0 heterocycles. The van der Waals surface area contributed by atoms with Gasteiger partial charge in [0.25, 0.3) is 0 Å². The van der Waals surface area contributed by atoms with Gasteiger partial charge in [-0.2, -0.15) is 0 Å². The third kappa shape index (κ3) is 4.65. The van der Waals surface area contributed by atoms with Gasteiger partial charge >= 0.3 is 0 Å². The Hall–Kier alpha value is -2.76. The number of benzene rings is 2. The maximum atomic E-state index is 13.5. The van der Waals surface area contributed by atoms with Gasteiger partial charge < -0.3 is 20.5 Å². The first kappa shape index (κ1) is 18.0. The van der Waals surface area contributed by atoms with Crippen LogP contribution in [-0.4, -0.2) is 24.2 Å². The number of nitrogens with one attached hydrogen (secondary N) is 2. The summed E-state index contributed by atoms with van der Waals surface area (Å²) in [4.78, 5) is 4.61. The molecule has 0 radical (unpaired) electrons. The van der Waals surface area contributed by atoms with E-state index in [4.69, 9.17) is 4.74 Å². The number of hydrogen-bond donors (Lipinski definition) is 3. The summed E-state index contributed by atoms with van der Waals surface area (Å²) < 4.78 is 18.9. The van der Waals surface area contributed by atoms with Crippen LogP contribution in [0.3, 0.4) is 0 Å². The minimum absolute atomic E-state index is 0.0235. The lowest BCUT2D eigenvalue weighted by atomic mass is 10.2. The summed E-state index contributed by atoms with van der Waals surface area (Å²) in [6.45, 7) is 0.405. The smallest absolute Gasteiger partial charge is 0.196 e. The quantitative estimate of drug-likeness (QED) is 0.429. The molecule has 0 aromatic heterocycles. The van der Waals surface area contributed by atoms with Crippen molar-refractivity contribution in [2.24, 2.45) is 4.99 Å². The zero-order chi connectivity index (χ0) is 18.4. The molecular weight excluding hydrogens is 333 g/mol. The summed E-state index contributed by atoms with van der Waals surface area (Å²) in [5.41, 5.74) is 1.24. The normalized spacial score (nSPS) is 15.1. The van der Waals surface area contributed by atoms with E-state index >= 15 is 0 Å². The maximum absolute atomic E-state index is 13.5. The lowest BCUT2D eigenvalue weighted by Gasteiger charge is -2.18. The van der Waals surface area contributed by atoms with E-state index in [0.717, 1.165) is 24.2 Å². The molecule has 0 unspecified atom stereocenters. The van der Waals surface area contributed by atoms with Crippen molar-refractivity contribution in [3.05, 3.63) is 53.8 Å². The zero-order valence-electron chi connectivity index (χ0n) is 14.8. The number of hydrogen-bond acceptors (Lipinski definition) is 3. The van der Waals surface area contributed by atoms with Gasteiger partial charge in [0.05, 0.1) is 19.3 Å². The van der Waals surface area contributed by atoms with E-state index in [1.165, 1.54) is 31.0 Å². The molecule has 3 rings (SSSR count). The number of anilines is 1. The van der Waals surface area contributed by atoms with Crippen LogP contribution in [0.15, 0.2) is 47.5 Å². The van der Waals surface area contributed by atoms with Gasteiger partial charge in [-0.25, -0.2) is 9.38 Å². The lowest BCUT2D eigenvalue weighted by Crippen LogP contribution is -2.37. The number of methoxy groups -OCH3 is 1. The second-order valence-corrected chi connectivity index (χ2v) is 6.39. The molecule has 0 spiro atoms. The van der Waals surface area contributed by atoms with Crippen molar-refractivity contribution >= 4 is 11.6 Å². The molecule has 5 nitrogen and oxygen atoms in total. The number of ether oxygens (including phenoxy) is 1. The number of para-hydroxylation sites is 1. The highest BCUT2D eigenvalue weighted by Crippen LogP contribution is 2.24. The highest BCUT2D eigenvalue weighted by molar-refractivity contribution is 5.95. The Bertz CT molecular complexity index is 773. The molecular formula is C20H24FN3O2. The molecule has 26 heavy (non-hydrogen) atoms. The van der Waals surface area contributed by atoms with Crippen molar-refractivity contribution in [3.8, 4) is 11.5 Å². The average Bonchev–Trinajstić information content (AvgIpc) is 3.16. The number of phenolic OH excluding ortho intramolecular Hbond substituents is 1. The van der Waals surface area contributed by atoms with Crippen molar-refractivity contribution in [2.45, 2.75) is 38.3 Å². The Morgan fingerprint density at radius 2 is 2.00 bits per heavy atom. The summed E-state index contributed by atoms with van der Waals surface area (Å²) in [5, 5.41) is 16.4. The standard InChI is InChI=1S/C20H24FN3O2/c1-26-19-9-5-2-6-14(19)13-22-20(23-16-7-3-4-8-16)24-17-12-15(21)10-11-18(17)25/h2,5-6,9-12,16,25H,3-4,7-8,13H2,1H3,(H2,22,23,24). The Labute approximate surface area is 152 Å². The van der Waals surface area contributed by atoms with Crippen LogP contribution >= 0.6 is 0 Å². The predicted octanol–water partition coefficient (Wildman–Crippen LogP) is 4.04. The molecule has 1 fully saturated rings. The fourth-order valence-corrected chi connectivity index (χ4v) is 3.12. The Morgan fingerprint density at radius 3 is 2.77 bits per heavy atom. The number of guanidine groups is 1. The van der Waals surface area contributed by atoms with E-state index < -0.39 is 5.82 Å². The Morgan fingerprint density at radius 1 is 1.23 bits per heavy atom. The fraction of sp³-hybridized carbons (Fsp3) is 0.350. The first-order chi connectivity index (χ1) is 12.7. The molecule has 0 saturated heterocycles. The second kappa shape index (κ2) is 8.56. The molecule has 1 saturated carbocycles. The summed E-state index contributed by atoms with van der Waals surface area (Å²) in [5.74, 6) is 0.841. The van der Waals surface area contributed by atoms with Gasteiger partial charge in [0.2, 0.25) is 0 Å². The van der Waals surface area contributed by atoms with Gasteiger partial charge in [-0.3, -0.25) is 0 Å². The second-order valence-electron chi connectivity index (χ2n) is 6.39. The van der Waals surface area contributed by atoms with Crippen molar-refractivity contribution < 1.29 is 14.2 Å². The monoisotopic (exact) mass is 357 g/mol. The molecule has 0 bridgehead atoms. The van der Waals surface area contributed by atoms with E-state index in [1.807, 2.05) is 24.3 Å². The van der Waals surface area contributed by atoms with Crippen LogP contribution in [-0.2, 0) is 6.54 Å². The summed E-state index contributed by atoms with van der Waals surface area (Å²) in [6.07, 6.45) is 4.51. The number of rotatable bonds is 5. The highest BCUT2D eigenvalue weighted by atomic mass is 19.1. The number of aliphatic imine (C=N–C) groups is 1.